The molecule has 1 aliphatic heterocycles. The van der Waals surface area contributed by atoms with Crippen LogP contribution in [0.25, 0.3) is 0 Å². The van der Waals surface area contributed by atoms with Crippen molar-refractivity contribution in [3.8, 4) is 0 Å². The van der Waals surface area contributed by atoms with E-state index in [1.54, 1.807) is 7.11 Å². The summed E-state index contributed by atoms with van der Waals surface area (Å²) in [5.41, 5.74) is 2.70. The molecule has 9 heavy (non-hydrogen) atoms. The topological polar surface area (TPSA) is 30.5 Å². The number of rotatable bonds is 1. The fourth-order valence-corrected chi connectivity index (χ4v) is 0.717. The van der Waals surface area contributed by atoms with Crippen LogP contribution in [0, 0.1) is 0 Å². The van der Waals surface area contributed by atoms with Gasteiger partial charge in [-0.3, -0.25) is 0 Å². The van der Waals surface area contributed by atoms with E-state index < -0.39 is 0 Å². The van der Waals surface area contributed by atoms with Crippen LogP contribution in [-0.4, -0.2) is 13.3 Å². The van der Waals surface area contributed by atoms with Gasteiger partial charge >= 0.3 is 0 Å². The highest BCUT2D eigenvalue weighted by Crippen LogP contribution is 2.12. The smallest absolute Gasteiger partial charge is 0.140 e. The Morgan fingerprint density at radius 2 is 2.67 bits per heavy atom. The Hall–Kier alpha value is -0.540. The van der Waals surface area contributed by atoms with Crippen LogP contribution in [0.3, 0.4) is 0 Å². The second kappa shape index (κ2) is 2.85. The van der Waals surface area contributed by atoms with Crippen molar-refractivity contribution in [2.75, 3.05) is 7.11 Å². The van der Waals surface area contributed by atoms with Crippen molar-refractivity contribution in [3.63, 3.8) is 0 Å². The molecule has 1 saturated heterocycles. The maximum absolute atomic E-state index is 4.96. The van der Waals surface area contributed by atoms with E-state index in [4.69, 9.17) is 9.57 Å². The zero-order chi connectivity index (χ0) is 6.69. The lowest BCUT2D eigenvalue weighted by Crippen LogP contribution is -2.34. The van der Waals surface area contributed by atoms with Gasteiger partial charge < -0.3 is 9.57 Å². The Morgan fingerprint density at radius 3 is 3.11 bits per heavy atom. The second-order valence-electron chi connectivity index (χ2n) is 2.02. The van der Waals surface area contributed by atoms with E-state index in [0.29, 0.717) is 0 Å². The minimum atomic E-state index is 0.0375. The Bertz CT molecular complexity index is 104. The number of methoxy groups -OCH3 is 1. The Morgan fingerprint density at radius 1 is 1.89 bits per heavy atom. The summed E-state index contributed by atoms with van der Waals surface area (Å²) < 4.78 is 4.96. The van der Waals surface area contributed by atoms with Crippen LogP contribution < -0.4 is 5.48 Å². The van der Waals surface area contributed by atoms with Crippen molar-refractivity contribution in [1.82, 2.24) is 5.48 Å². The molecule has 0 radical (unpaired) electrons. The Labute approximate surface area is 54.6 Å². The SMILES string of the molecule is C=C1CCC(OC)NO1. The number of hydrogen-bond acceptors (Lipinski definition) is 3. The molecule has 1 fully saturated rings. The predicted octanol–water partition coefficient (Wildman–Crippen LogP) is 0.788. The minimum absolute atomic E-state index is 0.0375. The van der Waals surface area contributed by atoms with Crippen LogP contribution in [0.1, 0.15) is 12.8 Å². The molecule has 1 heterocycles. The Balaban J connectivity index is 2.26. The number of ether oxygens (including phenoxy) is 1. The van der Waals surface area contributed by atoms with Crippen molar-refractivity contribution in [2.45, 2.75) is 19.1 Å². The molecule has 0 amide bonds. The lowest BCUT2D eigenvalue weighted by Gasteiger charge is -2.23. The lowest BCUT2D eigenvalue weighted by atomic mass is 10.2. The van der Waals surface area contributed by atoms with E-state index in [9.17, 15) is 0 Å². The zero-order valence-corrected chi connectivity index (χ0v) is 5.52. The van der Waals surface area contributed by atoms with Crippen molar-refractivity contribution >= 4 is 0 Å². The third-order valence-electron chi connectivity index (χ3n) is 1.30. The van der Waals surface area contributed by atoms with Gasteiger partial charge in [0.2, 0.25) is 0 Å². The summed E-state index contributed by atoms with van der Waals surface area (Å²) in [7, 11) is 1.65. The largest absolute Gasteiger partial charge is 0.411 e. The molecule has 1 rings (SSSR count). The number of hydrogen-bond donors (Lipinski definition) is 1. The number of nitrogens with one attached hydrogen (secondary N) is 1. The second-order valence-corrected chi connectivity index (χ2v) is 2.02. The highest BCUT2D eigenvalue weighted by molar-refractivity contribution is 4.84. The van der Waals surface area contributed by atoms with E-state index in [1.807, 2.05) is 0 Å². The highest BCUT2D eigenvalue weighted by atomic mass is 16.7. The van der Waals surface area contributed by atoms with Gasteiger partial charge in [-0.05, 0) is 6.42 Å². The normalized spacial score (nSPS) is 27.7. The molecule has 3 nitrogen and oxygen atoms in total. The van der Waals surface area contributed by atoms with Gasteiger partial charge in [0.15, 0.2) is 0 Å². The first-order chi connectivity index (χ1) is 4.33. The summed E-state index contributed by atoms with van der Waals surface area (Å²) in [6.45, 7) is 3.64. The third-order valence-corrected chi connectivity index (χ3v) is 1.30. The van der Waals surface area contributed by atoms with Crippen molar-refractivity contribution in [1.29, 1.82) is 0 Å². The average molecular weight is 129 g/mol. The van der Waals surface area contributed by atoms with E-state index in [2.05, 4.69) is 12.1 Å². The zero-order valence-electron chi connectivity index (χ0n) is 5.52. The van der Waals surface area contributed by atoms with Crippen molar-refractivity contribution in [3.05, 3.63) is 12.3 Å². The number of hydroxylamine groups is 1. The van der Waals surface area contributed by atoms with Gasteiger partial charge in [0, 0.05) is 13.5 Å². The minimum Gasteiger partial charge on any atom is -0.411 e. The molecule has 0 spiro atoms. The summed E-state index contributed by atoms with van der Waals surface area (Å²) in [5, 5.41) is 0. The lowest BCUT2D eigenvalue weighted by molar-refractivity contribution is -0.0762. The molecule has 1 unspecified atom stereocenters. The van der Waals surface area contributed by atoms with Gasteiger partial charge in [0.25, 0.3) is 0 Å². The number of allylic oxidation sites excluding steroid dienone is 1. The van der Waals surface area contributed by atoms with Gasteiger partial charge in [-0.15, -0.1) is 5.48 Å². The maximum Gasteiger partial charge on any atom is 0.140 e. The van der Waals surface area contributed by atoms with E-state index in [1.165, 1.54) is 0 Å². The molecular weight excluding hydrogens is 118 g/mol. The molecule has 0 aliphatic carbocycles. The van der Waals surface area contributed by atoms with Gasteiger partial charge in [0.1, 0.15) is 12.0 Å². The highest BCUT2D eigenvalue weighted by Gasteiger charge is 2.13. The molecule has 0 aromatic heterocycles. The summed E-state index contributed by atoms with van der Waals surface area (Å²) in [5.74, 6) is 0.781. The Kier molecular flexibility index (Phi) is 2.08. The summed E-state index contributed by atoms with van der Waals surface area (Å²) in [6, 6.07) is 0. The monoisotopic (exact) mass is 129 g/mol. The standard InChI is InChI=1S/C6H11NO2/c1-5-3-4-6(8-2)7-9-5/h6-7H,1,3-4H2,2H3. The first-order valence-electron chi connectivity index (χ1n) is 2.96. The van der Waals surface area contributed by atoms with E-state index in [-0.39, 0.29) is 6.23 Å². The first-order valence-corrected chi connectivity index (χ1v) is 2.96. The van der Waals surface area contributed by atoms with Crippen LogP contribution in [-0.2, 0) is 9.57 Å². The fourth-order valence-electron chi connectivity index (χ4n) is 0.717. The fraction of sp³-hybridized carbons (Fsp3) is 0.667. The summed E-state index contributed by atoms with van der Waals surface area (Å²) in [4.78, 5) is 4.91. The molecule has 3 heteroatoms. The van der Waals surface area contributed by atoms with Gasteiger partial charge in [0.05, 0.1) is 0 Å². The van der Waals surface area contributed by atoms with Crippen LogP contribution in [0.2, 0.25) is 0 Å². The van der Waals surface area contributed by atoms with Gasteiger partial charge in [-0.25, -0.2) is 0 Å². The van der Waals surface area contributed by atoms with Crippen molar-refractivity contribution < 1.29 is 9.57 Å². The average Bonchev–Trinajstić information content (AvgIpc) is 1.90. The summed E-state index contributed by atoms with van der Waals surface area (Å²) >= 11 is 0. The van der Waals surface area contributed by atoms with Crippen molar-refractivity contribution in [2.24, 2.45) is 0 Å². The molecule has 52 valence electrons. The van der Waals surface area contributed by atoms with Crippen LogP contribution in [0.5, 0.6) is 0 Å². The molecule has 0 aromatic carbocycles. The molecule has 1 aliphatic rings. The summed E-state index contributed by atoms with van der Waals surface area (Å²) in [6.07, 6.45) is 1.86. The third kappa shape index (κ3) is 1.69. The van der Waals surface area contributed by atoms with Gasteiger partial charge in [-0.2, -0.15) is 0 Å². The molecule has 0 saturated carbocycles. The quantitative estimate of drug-likeness (QED) is 0.567. The molecule has 1 atom stereocenters. The molecular formula is C6H11NO2. The predicted molar refractivity (Wildman–Crippen MR) is 33.4 cm³/mol. The molecule has 0 bridgehead atoms. The van der Waals surface area contributed by atoms with Crippen LogP contribution in [0.15, 0.2) is 12.3 Å². The van der Waals surface area contributed by atoms with Crippen LogP contribution in [0.4, 0.5) is 0 Å². The molecule has 0 aromatic rings. The van der Waals surface area contributed by atoms with E-state index >= 15 is 0 Å². The van der Waals surface area contributed by atoms with Gasteiger partial charge in [-0.1, -0.05) is 6.58 Å². The van der Waals surface area contributed by atoms with Crippen LogP contribution >= 0.6 is 0 Å². The maximum atomic E-state index is 4.96. The first kappa shape index (κ1) is 6.58. The van der Waals surface area contributed by atoms with E-state index in [0.717, 1.165) is 18.6 Å². The molecule has 1 N–H and O–H groups in total.